The summed E-state index contributed by atoms with van der Waals surface area (Å²) in [5.41, 5.74) is 3.02. The number of benzene rings is 2. The van der Waals surface area contributed by atoms with E-state index in [9.17, 15) is 9.59 Å². The monoisotopic (exact) mass is 413 g/mol. The molecule has 0 bridgehead atoms. The van der Waals surface area contributed by atoms with Crippen LogP contribution in [0, 0.1) is 6.92 Å². The predicted molar refractivity (Wildman–Crippen MR) is 114 cm³/mol. The van der Waals surface area contributed by atoms with Crippen molar-refractivity contribution in [2.45, 2.75) is 6.92 Å². The van der Waals surface area contributed by atoms with Crippen molar-refractivity contribution in [3.63, 3.8) is 0 Å². The molecule has 28 heavy (non-hydrogen) atoms. The highest BCUT2D eigenvalue weighted by molar-refractivity contribution is 6.36. The number of hydrogen-bond acceptors (Lipinski definition) is 2. The molecule has 142 valence electrons. The van der Waals surface area contributed by atoms with Crippen molar-refractivity contribution < 1.29 is 0 Å². The van der Waals surface area contributed by atoms with Gasteiger partial charge in [0.1, 0.15) is 0 Å². The van der Waals surface area contributed by atoms with Crippen LogP contribution in [0.2, 0.25) is 10.0 Å². The highest BCUT2D eigenvalue weighted by Gasteiger charge is 2.21. The Morgan fingerprint density at radius 2 is 1.68 bits per heavy atom. The average Bonchev–Trinajstić information content (AvgIpc) is 3.05. The molecule has 0 atom stereocenters. The lowest BCUT2D eigenvalue weighted by molar-refractivity contribution is 0.714. The molecule has 0 N–H and O–H groups in total. The maximum Gasteiger partial charge on any atom is 0.330 e. The fourth-order valence-corrected chi connectivity index (χ4v) is 3.97. The van der Waals surface area contributed by atoms with Crippen LogP contribution in [0.3, 0.4) is 0 Å². The first kappa shape index (κ1) is 18.6. The summed E-state index contributed by atoms with van der Waals surface area (Å²) in [5.74, 6) is 0. The molecule has 2 aromatic carbocycles. The summed E-state index contributed by atoms with van der Waals surface area (Å²) in [6.07, 6.45) is 1.80. The zero-order valence-corrected chi connectivity index (χ0v) is 17.0. The number of nitrogens with zero attached hydrogens (tertiary/aromatic N) is 3. The average molecular weight is 414 g/mol. The molecule has 0 saturated heterocycles. The third-order valence-corrected chi connectivity index (χ3v) is 5.45. The van der Waals surface area contributed by atoms with Gasteiger partial charge in [-0.05, 0) is 42.8 Å². The molecular weight excluding hydrogens is 397 g/mol. The normalized spacial score (nSPS) is 11.3. The van der Waals surface area contributed by atoms with Crippen molar-refractivity contribution in [2.75, 3.05) is 0 Å². The van der Waals surface area contributed by atoms with Gasteiger partial charge in [0.05, 0.1) is 21.6 Å². The van der Waals surface area contributed by atoms with Gasteiger partial charge in [-0.2, -0.15) is 0 Å². The first-order chi connectivity index (χ1) is 13.3. The highest BCUT2D eigenvalue weighted by Crippen LogP contribution is 2.36. The Balaban J connectivity index is 2.24. The van der Waals surface area contributed by atoms with Gasteiger partial charge in [-0.15, -0.1) is 0 Å². The van der Waals surface area contributed by atoms with Gasteiger partial charge < -0.3 is 4.57 Å². The van der Waals surface area contributed by atoms with E-state index >= 15 is 0 Å². The van der Waals surface area contributed by atoms with E-state index in [1.807, 2.05) is 35.8 Å². The second-order valence-electron chi connectivity index (χ2n) is 6.78. The van der Waals surface area contributed by atoms with Gasteiger partial charge in [-0.1, -0.05) is 35.3 Å². The maximum atomic E-state index is 13.1. The van der Waals surface area contributed by atoms with Gasteiger partial charge in [-0.25, -0.2) is 4.79 Å². The molecule has 0 fully saturated rings. The van der Waals surface area contributed by atoms with Crippen LogP contribution in [0.25, 0.3) is 27.8 Å². The lowest BCUT2D eigenvalue weighted by atomic mass is 10.1. The van der Waals surface area contributed by atoms with E-state index in [1.54, 1.807) is 31.4 Å². The second-order valence-corrected chi connectivity index (χ2v) is 7.62. The zero-order chi connectivity index (χ0) is 20.2. The van der Waals surface area contributed by atoms with Crippen molar-refractivity contribution in [3.05, 3.63) is 85.1 Å². The first-order valence-corrected chi connectivity index (χ1v) is 9.38. The quantitative estimate of drug-likeness (QED) is 0.491. The molecule has 0 spiro atoms. The minimum atomic E-state index is -0.382. The van der Waals surface area contributed by atoms with Gasteiger partial charge in [-0.3, -0.25) is 13.9 Å². The van der Waals surface area contributed by atoms with Crippen LogP contribution in [-0.2, 0) is 14.1 Å². The number of rotatable bonds is 2. The molecule has 0 unspecified atom stereocenters. The van der Waals surface area contributed by atoms with Crippen molar-refractivity contribution in [3.8, 4) is 16.9 Å². The molecule has 0 aliphatic heterocycles. The molecule has 4 rings (SSSR count). The molecule has 5 nitrogen and oxygen atoms in total. The zero-order valence-electron chi connectivity index (χ0n) is 15.5. The van der Waals surface area contributed by atoms with Crippen LogP contribution in [-0.4, -0.2) is 13.7 Å². The van der Waals surface area contributed by atoms with Gasteiger partial charge in [0, 0.05) is 36.6 Å². The lowest BCUT2D eigenvalue weighted by Gasteiger charge is -2.12. The molecular formula is C21H17Cl2N3O2. The van der Waals surface area contributed by atoms with Crippen LogP contribution in [0.15, 0.2) is 58.3 Å². The van der Waals surface area contributed by atoms with Crippen LogP contribution < -0.4 is 11.2 Å². The number of halogens is 2. The number of hydrogen-bond donors (Lipinski definition) is 0. The predicted octanol–water partition coefficient (Wildman–Crippen LogP) is 4.31. The Hall–Kier alpha value is -2.76. The first-order valence-electron chi connectivity index (χ1n) is 8.63. The van der Waals surface area contributed by atoms with Crippen molar-refractivity contribution in [1.82, 2.24) is 13.7 Å². The fourth-order valence-electron chi connectivity index (χ4n) is 3.47. The van der Waals surface area contributed by atoms with E-state index in [4.69, 9.17) is 23.2 Å². The Morgan fingerprint density at radius 1 is 0.929 bits per heavy atom. The Bertz CT molecular complexity index is 1360. The topological polar surface area (TPSA) is 48.9 Å². The summed E-state index contributed by atoms with van der Waals surface area (Å²) in [4.78, 5) is 25.5. The van der Waals surface area contributed by atoms with Gasteiger partial charge in [0.2, 0.25) is 0 Å². The smallest absolute Gasteiger partial charge is 0.314 e. The molecule has 0 amide bonds. The van der Waals surface area contributed by atoms with Crippen LogP contribution in [0.5, 0.6) is 0 Å². The number of aromatic nitrogens is 3. The highest BCUT2D eigenvalue weighted by atomic mass is 35.5. The minimum absolute atomic E-state index is 0.370. The molecule has 0 radical (unpaired) electrons. The van der Waals surface area contributed by atoms with Gasteiger partial charge in [0.15, 0.2) is 0 Å². The van der Waals surface area contributed by atoms with E-state index < -0.39 is 0 Å². The molecule has 2 heterocycles. The van der Waals surface area contributed by atoms with E-state index in [2.05, 4.69) is 0 Å². The fraction of sp³-hybridized carbons (Fsp3) is 0.143. The lowest BCUT2D eigenvalue weighted by Crippen LogP contribution is -2.36. The summed E-state index contributed by atoms with van der Waals surface area (Å²) in [7, 11) is 3.12. The van der Waals surface area contributed by atoms with Crippen molar-refractivity contribution >= 4 is 34.1 Å². The summed E-state index contributed by atoms with van der Waals surface area (Å²) in [5, 5.41) is 1.36. The third-order valence-electron chi connectivity index (χ3n) is 4.91. The minimum Gasteiger partial charge on any atom is -0.314 e. The molecule has 7 heteroatoms. The van der Waals surface area contributed by atoms with Crippen LogP contribution in [0.4, 0.5) is 0 Å². The summed E-state index contributed by atoms with van der Waals surface area (Å²) in [6.45, 7) is 2.00. The number of fused-ring (bicyclic) bond motifs is 1. The summed E-state index contributed by atoms with van der Waals surface area (Å²) < 4.78 is 4.47. The standard InChI is InChI=1S/C21H17Cl2N3O2/c1-12-5-4-6-14(9-12)26-11-17-18(20(27)25(3)21(28)24(17)2)19(26)15-8-7-13(22)10-16(15)23/h4-11H,1-3H3. The molecule has 4 aromatic rings. The summed E-state index contributed by atoms with van der Waals surface area (Å²) in [6, 6.07) is 13.1. The molecule has 0 aliphatic carbocycles. The summed E-state index contributed by atoms with van der Waals surface area (Å²) >= 11 is 12.6. The van der Waals surface area contributed by atoms with E-state index in [0.29, 0.717) is 32.2 Å². The Morgan fingerprint density at radius 3 is 2.36 bits per heavy atom. The van der Waals surface area contributed by atoms with Gasteiger partial charge in [0.25, 0.3) is 5.56 Å². The third kappa shape index (κ3) is 2.79. The molecule has 0 aliphatic rings. The largest absolute Gasteiger partial charge is 0.330 e. The molecule has 0 saturated carbocycles. The Kier molecular flexibility index (Phi) is 4.44. The van der Waals surface area contributed by atoms with Gasteiger partial charge >= 0.3 is 5.69 Å². The van der Waals surface area contributed by atoms with E-state index in [0.717, 1.165) is 15.8 Å². The second kappa shape index (κ2) is 6.69. The maximum absolute atomic E-state index is 13.1. The van der Waals surface area contributed by atoms with Crippen molar-refractivity contribution in [2.24, 2.45) is 14.1 Å². The van der Waals surface area contributed by atoms with E-state index in [1.165, 1.54) is 11.6 Å². The Labute approximate surface area is 171 Å². The SMILES string of the molecule is Cc1cccc(-n2cc3c(c2-c2ccc(Cl)cc2Cl)c(=O)n(C)c(=O)n3C)c1. The van der Waals surface area contributed by atoms with E-state index in [-0.39, 0.29) is 11.2 Å². The van der Waals surface area contributed by atoms with Crippen LogP contribution >= 0.6 is 23.2 Å². The van der Waals surface area contributed by atoms with Crippen molar-refractivity contribution in [1.29, 1.82) is 0 Å². The van der Waals surface area contributed by atoms with Crippen LogP contribution in [0.1, 0.15) is 5.56 Å². The molecule has 2 aromatic heterocycles. The number of aryl methyl sites for hydroxylation is 2.